The van der Waals surface area contributed by atoms with Gasteiger partial charge in [-0.05, 0) is 36.4 Å². The van der Waals surface area contributed by atoms with Crippen LogP contribution < -0.4 is 10.3 Å². The van der Waals surface area contributed by atoms with E-state index in [4.69, 9.17) is 10.00 Å². The molecule has 186 valence electrons. The van der Waals surface area contributed by atoms with Gasteiger partial charge in [-0.25, -0.2) is 14.3 Å². The zero-order valence-electron chi connectivity index (χ0n) is 18.7. The van der Waals surface area contributed by atoms with Crippen LogP contribution in [-0.4, -0.2) is 45.1 Å². The van der Waals surface area contributed by atoms with Crippen LogP contribution in [-0.2, 0) is 18.1 Å². The standard InChI is InChI=1S/C23H19F4N7O2/c1-33-32-31-14-34(33)13-22(35,19-6-3-16(24)8-20(19)25)23(26,27)21-7-5-18(11-30-21)36-12-17-4-2-15(9-28)10-29-17/h2-8,10-11,14,32,35H,12-13H2,1H3. The number of alkyl halides is 2. The summed E-state index contributed by atoms with van der Waals surface area (Å²) in [6.07, 6.45) is 3.53. The second-order valence-electron chi connectivity index (χ2n) is 7.84. The SMILES string of the molecule is CN1NN=CN1CC(O)(c1ccc(F)cc1F)C(F)(F)c1ccc(OCc2ccc(C#N)cn2)cn1. The number of hydrazone groups is 1. The van der Waals surface area contributed by atoms with Gasteiger partial charge < -0.3 is 9.84 Å². The van der Waals surface area contributed by atoms with E-state index in [1.807, 2.05) is 6.07 Å². The number of nitrogens with one attached hydrogen (secondary N) is 1. The summed E-state index contributed by atoms with van der Waals surface area (Å²) in [4.78, 5) is 7.80. The number of aromatic nitrogens is 2. The first-order valence-electron chi connectivity index (χ1n) is 10.4. The minimum atomic E-state index is -4.14. The van der Waals surface area contributed by atoms with E-state index in [1.165, 1.54) is 24.4 Å². The van der Waals surface area contributed by atoms with Crippen molar-refractivity contribution in [2.24, 2.45) is 5.10 Å². The lowest BCUT2D eigenvalue weighted by Crippen LogP contribution is -2.55. The summed E-state index contributed by atoms with van der Waals surface area (Å²) in [6, 6.07) is 9.19. The Morgan fingerprint density at radius 3 is 2.50 bits per heavy atom. The number of hydrogen-bond donors (Lipinski definition) is 2. The Labute approximate surface area is 202 Å². The van der Waals surface area contributed by atoms with E-state index in [0.29, 0.717) is 17.3 Å². The number of benzene rings is 1. The van der Waals surface area contributed by atoms with Crippen LogP contribution in [0.2, 0.25) is 0 Å². The first-order chi connectivity index (χ1) is 17.1. The highest BCUT2D eigenvalue weighted by Gasteiger charge is 2.58. The van der Waals surface area contributed by atoms with Gasteiger partial charge in [0.2, 0.25) is 0 Å². The van der Waals surface area contributed by atoms with Gasteiger partial charge in [0.25, 0.3) is 0 Å². The number of nitrogens with zero attached hydrogens (tertiary/aromatic N) is 6. The Kier molecular flexibility index (Phi) is 6.73. The van der Waals surface area contributed by atoms with Gasteiger partial charge in [0.15, 0.2) is 5.60 Å². The molecule has 4 rings (SSSR count). The molecule has 0 spiro atoms. The number of ether oxygens (including phenoxy) is 1. The van der Waals surface area contributed by atoms with Crippen molar-refractivity contribution in [3.63, 3.8) is 0 Å². The molecular formula is C23H19F4N7O2. The summed E-state index contributed by atoms with van der Waals surface area (Å²) < 4.78 is 65.3. The molecule has 0 aliphatic carbocycles. The van der Waals surface area contributed by atoms with Crippen molar-refractivity contribution in [3.05, 3.63) is 89.0 Å². The largest absolute Gasteiger partial charge is 0.486 e. The van der Waals surface area contributed by atoms with E-state index < -0.39 is 41.0 Å². The van der Waals surface area contributed by atoms with Crippen LogP contribution in [0, 0.1) is 23.0 Å². The van der Waals surface area contributed by atoms with Gasteiger partial charge in [-0.2, -0.15) is 19.1 Å². The number of halogens is 4. The van der Waals surface area contributed by atoms with Crippen LogP contribution in [0.1, 0.15) is 22.5 Å². The molecule has 13 heteroatoms. The Hall–Kier alpha value is -4.28. The maximum atomic E-state index is 15.8. The molecule has 3 heterocycles. The van der Waals surface area contributed by atoms with Crippen LogP contribution >= 0.6 is 0 Å². The van der Waals surface area contributed by atoms with Crippen molar-refractivity contribution in [3.8, 4) is 11.8 Å². The minimum Gasteiger partial charge on any atom is -0.486 e. The summed E-state index contributed by atoms with van der Waals surface area (Å²) >= 11 is 0. The topological polar surface area (TPSA) is 110 Å². The second-order valence-corrected chi connectivity index (χ2v) is 7.84. The summed E-state index contributed by atoms with van der Waals surface area (Å²) in [5.41, 5.74) is -1.54. The Morgan fingerprint density at radius 2 is 1.92 bits per heavy atom. The normalized spacial score (nSPS) is 15.3. The predicted molar refractivity (Wildman–Crippen MR) is 118 cm³/mol. The lowest BCUT2D eigenvalue weighted by atomic mass is 9.84. The zero-order valence-corrected chi connectivity index (χ0v) is 18.7. The lowest BCUT2D eigenvalue weighted by molar-refractivity contribution is -0.214. The highest BCUT2D eigenvalue weighted by atomic mass is 19.3. The molecule has 0 saturated carbocycles. The maximum absolute atomic E-state index is 15.8. The van der Waals surface area contributed by atoms with Crippen LogP contribution in [0.15, 0.2) is 60.0 Å². The monoisotopic (exact) mass is 501 g/mol. The fraction of sp³-hybridized carbons (Fsp3) is 0.217. The third-order valence-corrected chi connectivity index (χ3v) is 5.46. The summed E-state index contributed by atoms with van der Waals surface area (Å²) in [5, 5.41) is 26.1. The van der Waals surface area contributed by atoms with E-state index in [-0.39, 0.29) is 12.4 Å². The van der Waals surface area contributed by atoms with Gasteiger partial charge >= 0.3 is 5.92 Å². The zero-order chi connectivity index (χ0) is 25.9. The highest BCUT2D eigenvalue weighted by molar-refractivity contribution is 5.55. The minimum absolute atomic E-state index is 0.0124. The third kappa shape index (κ3) is 4.77. The molecule has 9 nitrogen and oxygen atoms in total. The summed E-state index contributed by atoms with van der Waals surface area (Å²) in [5.74, 6) is -6.35. The molecule has 0 saturated heterocycles. The average Bonchev–Trinajstić information content (AvgIpc) is 3.26. The van der Waals surface area contributed by atoms with Crippen molar-refractivity contribution < 1.29 is 27.4 Å². The molecule has 0 bridgehead atoms. The van der Waals surface area contributed by atoms with Crippen molar-refractivity contribution in [2.75, 3.05) is 13.6 Å². The smallest absolute Gasteiger partial charge is 0.323 e. The molecule has 1 aromatic carbocycles. The van der Waals surface area contributed by atoms with Crippen LogP contribution in [0.25, 0.3) is 0 Å². The van der Waals surface area contributed by atoms with Gasteiger partial charge in [-0.15, -0.1) is 5.12 Å². The number of aliphatic hydroxyl groups is 1. The summed E-state index contributed by atoms with van der Waals surface area (Å²) in [7, 11) is 1.44. The molecule has 1 atom stereocenters. The molecule has 1 unspecified atom stereocenters. The summed E-state index contributed by atoms with van der Waals surface area (Å²) in [6.45, 7) is -0.860. The first-order valence-corrected chi connectivity index (χ1v) is 10.4. The predicted octanol–water partition coefficient (Wildman–Crippen LogP) is 2.80. The molecule has 2 aromatic heterocycles. The number of β-amino-alcohol motifs (C(OH)–C–C–N with tert-alkyl or cyclic N) is 1. The van der Waals surface area contributed by atoms with Gasteiger partial charge in [0.1, 0.15) is 42.1 Å². The Bertz CT molecular complexity index is 1300. The highest BCUT2D eigenvalue weighted by Crippen LogP contribution is 2.46. The van der Waals surface area contributed by atoms with Crippen LogP contribution in [0.3, 0.4) is 0 Å². The van der Waals surface area contributed by atoms with E-state index in [9.17, 15) is 13.9 Å². The van der Waals surface area contributed by atoms with E-state index in [1.54, 1.807) is 12.1 Å². The molecule has 36 heavy (non-hydrogen) atoms. The molecule has 0 fully saturated rings. The van der Waals surface area contributed by atoms with Gasteiger partial charge in [0, 0.05) is 24.9 Å². The molecule has 0 amide bonds. The fourth-order valence-electron chi connectivity index (χ4n) is 3.47. The molecule has 1 aliphatic heterocycles. The van der Waals surface area contributed by atoms with E-state index in [0.717, 1.165) is 35.7 Å². The molecular weight excluding hydrogens is 482 g/mol. The van der Waals surface area contributed by atoms with Crippen molar-refractivity contribution in [2.45, 2.75) is 18.1 Å². The van der Waals surface area contributed by atoms with Crippen molar-refractivity contribution in [1.82, 2.24) is 25.6 Å². The number of hydrazine groups is 2. The first kappa shape index (κ1) is 24.8. The molecule has 2 N–H and O–H groups in total. The van der Waals surface area contributed by atoms with Crippen molar-refractivity contribution in [1.29, 1.82) is 5.26 Å². The van der Waals surface area contributed by atoms with E-state index in [2.05, 4.69) is 20.6 Å². The molecule has 0 radical (unpaired) electrons. The third-order valence-electron chi connectivity index (χ3n) is 5.46. The molecule has 3 aromatic rings. The Balaban J connectivity index is 1.61. The fourth-order valence-corrected chi connectivity index (χ4v) is 3.47. The van der Waals surface area contributed by atoms with E-state index >= 15 is 8.78 Å². The Morgan fingerprint density at radius 1 is 1.11 bits per heavy atom. The lowest BCUT2D eigenvalue weighted by Gasteiger charge is -2.39. The number of pyridine rings is 2. The van der Waals surface area contributed by atoms with Crippen molar-refractivity contribution >= 4 is 6.34 Å². The van der Waals surface area contributed by atoms with Crippen LogP contribution in [0.5, 0.6) is 5.75 Å². The van der Waals surface area contributed by atoms with Gasteiger partial charge in [0.05, 0.1) is 24.0 Å². The molecule has 1 aliphatic rings. The second kappa shape index (κ2) is 9.76. The van der Waals surface area contributed by atoms with Crippen LogP contribution in [0.4, 0.5) is 17.6 Å². The average molecular weight is 501 g/mol. The number of hydrogen-bond acceptors (Lipinski definition) is 9. The number of rotatable bonds is 8. The van der Waals surface area contributed by atoms with Gasteiger partial charge in [-0.1, -0.05) is 0 Å². The number of nitriles is 1. The maximum Gasteiger partial charge on any atom is 0.323 e. The quantitative estimate of drug-likeness (QED) is 0.454. The van der Waals surface area contributed by atoms with Gasteiger partial charge in [-0.3, -0.25) is 15.0 Å².